The summed E-state index contributed by atoms with van der Waals surface area (Å²) in [4.78, 5) is 24.0. The molecule has 1 aromatic rings. The molecule has 6 nitrogen and oxygen atoms in total. The number of unbranched alkanes of at least 4 members (excludes halogenated alkanes) is 2. The smallest absolute Gasteiger partial charge is 0.270 e. The first-order chi connectivity index (χ1) is 9.45. The van der Waals surface area contributed by atoms with Crippen molar-refractivity contribution in [3.63, 3.8) is 0 Å². The lowest BCUT2D eigenvalue weighted by Gasteiger charge is -2.17. The molecule has 6 heteroatoms. The van der Waals surface area contributed by atoms with Crippen molar-refractivity contribution in [2.45, 2.75) is 26.2 Å². The Bertz CT molecular complexity index is 488. The molecule has 1 amide bonds. The SMILES string of the molecule is Cc1cc(C(=O)N(C)CCCCCO)cc([N+](=O)[O-])c1. The minimum Gasteiger partial charge on any atom is -0.396 e. The zero-order valence-corrected chi connectivity index (χ0v) is 11.8. The van der Waals surface area contributed by atoms with Gasteiger partial charge in [0.2, 0.25) is 0 Å². The number of hydrogen-bond donors (Lipinski definition) is 1. The highest BCUT2D eigenvalue weighted by Crippen LogP contribution is 2.18. The number of aliphatic hydroxyl groups is 1. The summed E-state index contributed by atoms with van der Waals surface area (Å²) in [6.45, 7) is 2.45. The first-order valence-electron chi connectivity index (χ1n) is 6.58. The van der Waals surface area contributed by atoms with Crippen LogP contribution in [0.5, 0.6) is 0 Å². The van der Waals surface area contributed by atoms with E-state index in [4.69, 9.17) is 5.11 Å². The zero-order chi connectivity index (χ0) is 15.1. The molecule has 0 unspecified atom stereocenters. The van der Waals surface area contributed by atoms with E-state index in [1.165, 1.54) is 12.1 Å². The van der Waals surface area contributed by atoms with Gasteiger partial charge in [0.05, 0.1) is 4.92 Å². The number of benzene rings is 1. The third kappa shape index (κ3) is 4.62. The number of nitro groups is 1. The van der Waals surface area contributed by atoms with E-state index in [0.29, 0.717) is 17.7 Å². The van der Waals surface area contributed by atoms with Crippen LogP contribution in [0.3, 0.4) is 0 Å². The van der Waals surface area contributed by atoms with Gasteiger partial charge in [-0.15, -0.1) is 0 Å². The number of rotatable bonds is 7. The average molecular weight is 280 g/mol. The number of nitro benzene ring substituents is 1. The van der Waals surface area contributed by atoms with Gasteiger partial charge in [-0.1, -0.05) is 0 Å². The molecule has 0 spiro atoms. The van der Waals surface area contributed by atoms with Gasteiger partial charge in [-0.2, -0.15) is 0 Å². The Kier molecular flexibility index (Phi) is 6.11. The summed E-state index contributed by atoms with van der Waals surface area (Å²) in [5.74, 6) is -0.221. The summed E-state index contributed by atoms with van der Waals surface area (Å²) >= 11 is 0. The second-order valence-electron chi connectivity index (χ2n) is 4.83. The van der Waals surface area contributed by atoms with E-state index in [1.54, 1.807) is 24.9 Å². The molecule has 1 rings (SSSR count). The second kappa shape index (κ2) is 7.59. The summed E-state index contributed by atoms with van der Waals surface area (Å²) in [6, 6.07) is 4.40. The van der Waals surface area contributed by atoms with E-state index >= 15 is 0 Å². The number of hydrogen-bond acceptors (Lipinski definition) is 4. The maximum atomic E-state index is 12.2. The van der Waals surface area contributed by atoms with Crippen molar-refractivity contribution >= 4 is 11.6 Å². The van der Waals surface area contributed by atoms with Crippen molar-refractivity contribution < 1.29 is 14.8 Å². The molecule has 0 aliphatic carbocycles. The lowest BCUT2D eigenvalue weighted by molar-refractivity contribution is -0.384. The van der Waals surface area contributed by atoms with Crippen LogP contribution in [-0.4, -0.2) is 41.0 Å². The van der Waals surface area contributed by atoms with Gasteiger partial charge in [0.25, 0.3) is 11.6 Å². The van der Waals surface area contributed by atoms with Gasteiger partial charge in [-0.3, -0.25) is 14.9 Å². The standard InChI is InChI=1S/C14H20N2O4/c1-11-8-12(10-13(9-11)16(19)20)14(18)15(2)6-4-3-5-7-17/h8-10,17H,3-7H2,1-2H3. The molecular formula is C14H20N2O4. The molecule has 0 atom stereocenters. The predicted molar refractivity (Wildman–Crippen MR) is 75.7 cm³/mol. The van der Waals surface area contributed by atoms with Crippen molar-refractivity contribution in [1.29, 1.82) is 0 Å². The van der Waals surface area contributed by atoms with Crippen LogP contribution < -0.4 is 0 Å². The van der Waals surface area contributed by atoms with Crippen molar-refractivity contribution in [2.75, 3.05) is 20.2 Å². The van der Waals surface area contributed by atoms with Crippen molar-refractivity contribution in [2.24, 2.45) is 0 Å². The first kappa shape index (κ1) is 16.1. The highest BCUT2D eigenvalue weighted by molar-refractivity contribution is 5.94. The quantitative estimate of drug-likeness (QED) is 0.471. The van der Waals surface area contributed by atoms with Crippen LogP contribution in [0.2, 0.25) is 0 Å². The van der Waals surface area contributed by atoms with Crippen LogP contribution in [0.1, 0.15) is 35.2 Å². The average Bonchev–Trinajstić information content (AvgIpc) is 2.41. The Morgan fingerprint density at radius 1 is 1.30 bits per heavy atom. The van der Waals surface area contributed by atoms with Crippen molar-refractivity contribution in [1.82, 2.24) is 4.90 Å². The monoisotopic (exact) mass is 280 g/mol. The van der Waals surface area contributed by atoms with E-state index in [1.807, 2.05) is 0 Å². The van der Waals surface area contributed by atoms with Crippen LogP contribution in [0.25, 0.3) is 0 Å². The molecular weight excluding hydrogens is 260 g/mol. The van der Waals surface area contributed by atoms with Gasteiger partial charge >= 0.3 is 0 Å². The molecule has 0 bridgehead atoms. The summed E-state index contributed by atoms with van der Waals surface area (Å²) in [7, 11) is 1.68. The molecule has 0 heterocycles. The topological polar surface area (TPSA) is 83.7 Å². The maximum Gasteiger partial charge on any atom is 0.270 e. The summed E-state index contributed by atoms with van der Waals surface area (Å²) in [5.41, 5.74) is 0.958. The van der Waals surface area contributed by atoms with Gasteiger partial charge in [0.15, 0.2) is 0 Å². The third-order valence-corrected chi connectivity index (χ3v) is 3.02. The molecule has 0 aliphatic heterocycles. The van der Waals surface area contributed by atoms with Crippen LogP contribution in [0.15, 0.2) is 18.2 Å². The molecule has 110 valence electrons. The Labute approximate surface area is 118 Å². The first-order valence-corrected chi connectivity index (χ1v) is 6.58. The number of aliphatic hydroxyl groups excluding tert-OH is 1. The second-order valence-corrected chi connectivity index (χ2v) is 4.83. The molecule has 0 fully saturated rings. The molecule has 0 radical (unpaired) electrons. The fraction of sp³-hybridized carbons (Fsp3) is 0.500. The number of nitrogens with zero attached hydrogens (tertiary/aromatic N) is 2. The number of amides is 1. The Balaban J connectivity index is 2.73. The van der Waals surface area contributed by atoms with Crippen LogP contribution in [0, 0.1) is 17.0 Å². The Morgan fingerprint density at radius 2 is 2.00 bits per heavy atom. The van der Waals surface area contributed by atoms with Crippen molar-refractivity contribution in [3.05, 3.63) is 39.4 Å². The van der Waals surface area contributed by atoms with Crippen LogP contribution in [0.4, 0.5) is 5.69 Å². The van der Waals surface area contributed by atoms with E-state index in [9.17, 15) is 14.9 Å². The number of non-ortho nitro benzene ring substituents is 1. The highest BCUT2D eigenvalue weighted by Gasteiger charge is 2.16. The number of carbonyl (C=O) groups excluding carboxylic acids is 1. The lowest BCUT2D eigenvalue weighted by atomic mass is 10.1. The molecule has 1 aromatic carbocycles. The van der Waals surface area contributed by atoms with Gasteiger partial charge in [-0.25, -0.2) is 0 Å². The Morgan fingerprint density at radius 3 is 2.60 bits per heavy atom. The number of aryl methyl sites for hydroxylation is 1. The Hall–Kier alpha value is -1.95. The fourth-order valence-corrected chi connectivity index (χ4v) is 1.95. The summed E-state index contributed by atoms with van der Waals surface area (Å²) in [6.07, 6.45) is 2.37. The number of carbonyl (C=O) groups is 1. The van der Waals surface area contributed by atoms with Gasteiger partial charge < -0.3 is 10.0 Å². The minimum absolute atomic E-state index is 0.0676. The fourth-order valence-electron chi connectivity index (χ4n) is 1.95. The predicted octanol–water partition coefficient (Wildman–Crippen LogP) is 2.14. The zero-order valence-electron chi connectivity index (χ0n) is 11.8. The van der Waals surface area contributed by atoms with Crippen molar-refractivity contribution in [3.8, 4) is 0 Å². The molecule has 20 heavy (non-hydrogen) atoms. The van der Waals surface area contributed by atoms with Gasteiger partial charge in [-0.05, 0) is 37.8 Å². The summed E-state index contributed by atoms with van der Waals surface area (Å²) in [5, 5.41) is 19.5. The largest absolute Gasteiger partial charge is 0.396 e. The van der Waals surface area contributed by atoms with E-state index in [0.717, 1.165) is 19.3 Å². The van der Waals surface area contributed by atoms with Gasteiger partial charge in [0.1, 0.15) is 0 Å². The highest BCUT2D eigenvalue weighted by atomic mass is 16.6. The minimum atomic E-state index is -0.495. The van der Waals surface area contributed by atoms with E-state index < -0.39 is 4.92 Å². The molecule has 1 N–H and O–H groups in total. The molecule has 0 aromatic heterocycles. The van der Waals surface area contributed by atoms with E-state index in [2.05, 4.69) is 0 Å². The molecule has 0 saturated heterocycles. The third-order valence-electron chi connectivity index (χ3n) is 3.02. The van der Waals surface area contributed by atoms with Crippen LogP contribution in [-0.2, 0) is 0 Å². The maximum absolute atomic E-state index is 12.2. The van der Waals surface area contributed by atoms with E-state index in [-0.39, 0.29) is 18.2 Å². The normalized spacial score (nSPS) is 10.3. The molecule has 0 saturated carbocycles. The van der Waals surface area contributed by atoms with Gasteiger partial charge in [0, 0.05) is 37.9 Å². The molecule has 0 aliphatic rings. The van der Waals surface area contributed by atoms with Crippen LogP contribution >= 0.6 is 0 Å². The lowest BCUT2D eigenvalue weighted by Crippen LogP contribution is -2.27. The summed E-state index contributed by atoms with van der Waals surface area (Å²) < 4.78 is 0.